The first kappa shape index (κ1) is 15.7. The number of hydrogen-bond donors (Lipinski definition) is 1. The monoisotopic (exact) mass is 320 g/mol. The van der Waals surface area contributed by atoms with Crippen LogP contribution in [0.4, 0.5) is 0 Å². The highest BCUT2D eigenvalue weighted by Crippen LogP contribution is 2.26. The van der Waals surface area contributed by atoms with Crippen molar-refractivity contribution in [2.24, 2.45) is 0 Å². The van der Waals surface area contributed by atoms with Crippen molar-refractivity contribution in [3.63, 3.8) is 0 Å². The van der Waals surface area contributed by atoms with E-state index in [9.17, 15) is 0 Å². The van der Waals surface area contributed by atoms with Crippen LogP contribution in [0, 0.1) is 11.8 Å². The molecule has 0 bridgehead atoms. The summed E-state index contributed by atoms with van der Waals surface area (Å²) in [6.07, 6.45) is 0.462. The molecule has 4 heteroatoms. The van der Waals surface area contributed by atoms with Gasteiger partial charge in [0.15, 0.2) is 0 Å². The van der Waals surface area contributed by atoms with Crippen molar-refractivity contribution in [1.82, 2.24) is 0 Å². The lowest BCUT2D eigenvalue weighted by Crippen LogP contribution is -1.96. The van der Waals surface area contributed by atoms with Gasteiger partial charge in [0, 0.05) is 17.5 Å². The van der Waals surface area contributed by atoms with Crippen LogP contribution in [0.2, 0.25) is 10.0 Å². The lowest BCUT2D eigenvalue weighted by atomic mass is 10.2. The zero-order chi connectivity index (χ0) is 15.1. The summed E-state index contributed by atoms with van der Waals surface area (Å²) in [5.74, 6) is 6.55. The van der Waals surface area contributed by atoms with Gasteiger partial charge in [-0.1, -0.05) is 53.2 Å². The summed E-state index contributed by atoms with van der Waals surface area (Å²) in [6, 6.07) is 12.9. The van der Waals surface area contributed by atoms with Gasteiger partial charge in [0.2, 0.25) is 0 Å². The molecule has 0 fully saturated rings. The van der Waals surface area contributed by atoms with Gasteiger partial charge in [0.1, 0.15) is 12.4 Å². The minimum atomic E-state index is 0.0659. The normalized spacial score (nSPS) is 9.86. The summed E-state index contributed by atoms with van der Waals surface area (Å²) < 4.78 is 5.71. The van der Waals surface area contributed by atoms with E-state index >= 15 is 0 Å². The van der Waals surface area contributed by atoms with Crippen LogP contribution in [-0.2, 0) is 6.61 Å². The van der Waals surface area contributed by atoms with E-state index in [1.54, 1.807) is 6.07 Å². The molecule has 0 heterocycles. The van der Waals surface area contributed by atoms with Gasteiger partial charge < -0.3 is 9.84 Å². The topological polar surface area (TPSA) is 29.5 Å². The molecule has 0 unspecified atom stereocenters. The van der Waals surface area contributed by atoms with Gasteiger partial charge in [-0.15, -0.1) is 0 Å². The van der Waals surface area contributed by atoms with Crippen molar-refractivity contribution in [2.75, 3.05) is 6.61 Å². The van der Waals surface area contributed by atoms with Gasteiger partial charge in [-0.2, -0.15) is 0 Å². The molecule has 1 N–H and O–H groups in total. The molecule has 0 saturated heterocycles. The maximum atomic E-state index is 8.71. The van der Waals surface area contributed by atoms with Gasteiger partial charge in [0.25, 0.3) is 0 Å². The lowest BCUT2D eigenvalue weighted by Gasteiger charge is -2.08. The maximum absolute atomic E-state index is 8.71. The predicted molar refractivity (Wildman–Crippen MR) is 85.8 cm³/mol. The molecule has 0 amide bonds. The molecule has 21 heavy (non-hydrogen) atoms. The molecule has 0 atom stereocenters. The molecular weight excluding hydrogens is 307 g/mol. The molecule has 0 aromatic heterocycles. The van der Waals surface area contributed by atoms with E-state index in [1.807, 2.05) is 36.4 Å². The fourth-order valence-corrected chi connectivity index (χ4v) is 2.08. The first-order valence-electron chi connectivity index (χ1n) is 6.46. The summed E-state index contributed by atoms with van der Waals surface area (Å²) in [5, 5.41) is 9.73. The average molecular weight is 321 g/mol. The van der Waals surface area contributed by atoms with Crippen LogP contribution in [0.3, 0.4) is 0 Å². The van der Waals surface area contributed by atoms with Gasteiger partial charge in [-0.25, -0.2) is 0 Å². The Bertz CT molecular complexity index is 672. The van der Waals surface area contributed by atoms with Crippen LogP contribution in [0.1, 0.15) is 17.5 Å². The summed E-state index contributed by atoms with van der Waals surface area (Å²) in [7, 11) is 0. The number of benzene rings is 2. The Hall–Kier alpha value is -1.66. The van der Waals surface area contributed by atoms with Crippen molar-refractivity contribution < 1.29 is 9.84 Å². The fraction of sp³-hybridized carbons (Fsp3) is 0.176. The maximum Gasteiger partial charge on any atom is 0.121 e. The lowest BCUT2D eigenvalue weighted by molar-refractivity contribution is 0.305. The van der Waals surface area contributed by atoms with Crippen molar-refractivity contribution in [3.05, 3.63) is 63.6 Å². The minimum absolute atomic E-state index is 0.0659. The van der Waals surface area contributed by atoms with Crippen LogP contribution < -0.4 is 4.74 Å². The second-order valence-corrected chi connectivity index (χ2v) is 5.09. The zero-order valence-corrected chi connectivity index (χ0v) is 12.8. The summed E-state index contributed by atoms with van der Waals surface area (Å²) in [6.45, 7) is 0.406. The van der Waals surface area contributed by atoms with E-state index < -0.39 is 0 Å². The summed E-state index contributed by atoms with van der Waals surface area (Å²) in [4.78, 5) is 0. The second-order valence-electron chi connectivity index (χ2n) is 4.30. The van der Waals surface area contributed by atoms with E-state index in [4.69, 9.17) is 33.0 Å². The fourth-order valence-electron chi connectivity index (χ4n) is 1.71. The molecule has 0 aliphatic heterocycles. The smallest absolute Gasteiger partial charge is 0.121 e. The Balaban J connectivity index is 2.05. The Kier molecular flexibility index (Phi) is 5.95. The molecule has 0 spiro atoms. The number of rotatable bonds is 4. The van der Waals surface area contributed by atoms with Crippen molar-refractivity contribution >= 4 is 23.2 Å². The highest BCUT2D eigenvalue weighted by Gasteiger charge is 2.05. The predicted octanol–water partition coefficient (Wildman–Crippen LogP) is 4.31. The van der Waals surface area contributed by atoms with E-state index in [0.717, 1.165) is 11.1 Å². The molecule has 2 rings (SSSR count). The minimum Gasteiger partial charge on any atom is -0.489 e. The first-order chi connectivity index (χ1) is 10.2. The molecule has 0 saturated carbocycles. The van der Waals surface area contributed by atoms with Crippen molar-refractivity contribution in [2.45, 2.75) is 13.0 Å². The van der Waals surface area contributed by atoms with Gasteiger partial charge in [-0.3, -0.25) is 0 Å². The van der Waals surface area contributed by atoms with Crippen molar-refractivity contribution in [1.29, 1.82) is 0 Å². The first-order valence-corrected chi connectivity index (χ1v) is 7.22. The summed E-state index contributed by atoms with van der Waals surface area (Å²) in [5.41, 5.74) is 1.68. The third-order valence-corrected chi connectivity index (χ3v) is 3.59. The molecule has 2 aromatic rings. The highest BCUT2D eigenvalue weighted by molar-refractivity contribution is 6.42. The highest BCUT2D eigenvalue weighted by atomic mass is 35.5. The molecule has 0 aliphatic rings. The van der Waals surface area contributed by atoms with Crippen LogP contribution in [-0.4, -0.2) is 11.7 Å². The van der Waals surface area contributed by atoms with E-state index in [2.05, 4.69) is 11.8 Å². The van der Waals surface area contributed by atoms with Crippen LogP contribution in [0.5, 0.6) is 5.75 Å². The van der Waals surface area contributed by atoms with E-state index in [1.165, 1.54) is 0 Å². The quantitative estimate of drug-likeness (QED) is 0.851. The number of hydrogen-bond acceptors (Lipinski definition) is 2. The Morgan fingerprint density at radius 3 is 2.71 bits per heavy atom. The largest absolute Gasteiger partial charge is 0.489 e. The number of aliphatic hydroxyl groups is 1. The molecule has 2 nitrogen and oxygen atoms in total. The van der Waals surface area contributed by atoms with Gasteiger partial charge >= 0.3 is 0 Å². The van der Waals surface area contributed by atoms with Crippen molar-refractivity contribution in [3.8, 4) is 17.6 Å². The second kappa shape index (κ2) is 7.95. The van der Waals surface area contributed by atoms with Gasteiger partial charge in [0.05, 0.1) is 16.7 Å². The Labute approximate surface area is 134 Å². The van der Waals surface area contributed by atoms with Gasteiger partial charge in [-0.05, 0) is 24.3 Å². The third-order valence-electron chi connectivity index (χ3n) is 2.73. The SMILES string of the molecule is OCCC#Cc1cccc(OCc2cccc(Cl)c2Cl)c1. The molecular formula is C17H14Cl2O2. The van der Waals surface area contributed by atoms with E-state index in [0.29, 0.717) is 28.8 Å². The van der Waals surface area contributed by atoms with Crippen LogP contribution in [0.25, 0.3) is 0 Å². The standard InChI is InChI=1S/C17H14Cl2O2/c18-16-9-4-7-14(17(16)19)12-21-15-8-3-6-13(11-15)5-1-2-10-20/h3-4,6-9,11,20H,2,10,12H2. The van der Waals surface area contributed by atoms with E-state index in [-0.39, 0.29) is 6.61 Å². The number of ether oxygens (including phenoxy) is 1. The Morgan fingerprint density at radius 2 is 1.90 bits per heavy atom. The molecule has 0 aliphatic carbocycles. The number of aliphatic hydroxyl groups excluding tert-OH is 1. The van der Waals surface area contributed by atoms with Crippen LogP contribution in [0.15, 0.2) is 42.5 Å². The molecule has 0 radical (unpaired) electrons. The third kappa shape index (κ3) is 4.68. The Morgan fingerprint density at radius 1 is 1.10 bits per heavy atom. The average Bonchev–Trinajstić information content (AvgIpc) is 2.50. The zero-order valence-electron chi connectivity index (χ0n) is 11.3. The summed E-state index contributed by atoms with van der Waals surface area (Å²) >= 11 is 12.1. The molecule has 108 valence electrons. The number of halogens is 2. The molecule has 2 aromatic carbocycles. The van der Waals surface area contributed by atoms with Crippen LogP contribution >= 0.6 is 23.2 Å².